The Balaban J connectivity index is 2.49. The lowest BCUT2D eigenvalue weighted by Crippen LogP contribution is -1.92. The molecule has 0 atom stereocenters. The van der Waals surface area contributed by atoms with E-state index in [1.165, 1.54) is 0 Å². The Morgan fingerprint density at radius 2 is 2.23 bits per heavy atom. The Morgan fingerprint density at radius 1 is 1.31 bits per heavy atom. The Hall–Kier alpha value is -2.08. The molecule has 0 saturated carbocycles. The van der Waals surface area contributed by atoms with Crippen LogP contribution in [0.2, 0.25) is 0 Å². The molecule has 2 aromatic rings. The van der Waals surface area contributed by atoms with E-state index in [1.54, 1.807) is 23.0 Å². The van der Waals surface area contributed by atoms with Gasteiger partial charge < -0.3 is 0 Å². The first kappa shape index (κ1) is 7.56. The standard InChI is InChI=1S/C10H7N3/c1-11-9-4-2-5-10(8-9)13-7-3-6-12-13/h2-8H. The molecule has 13 heavy (non-hydrogen) atoms. The highest BCUT2D eigenvalue weighted by molar-refractivity contribution is 5.51. The zero-order chi connectivity index (χ0) is 9.10. The quantitative estimate of drug-likeness (QED) is 0.601. The van der Waals surface area contributed by atoms with Gasteiger partial charge in [0.15, 0.2) is 5.69 Å². The molecule has 0 spiro atoms. The third-order valence-electron chi connectivity index (χ3n) is 1.73. The van der Waals surface area contributed by atoms with Crippen LogP contribution in [0.1, 0.15) is 0 Å². The number of hydrogen-bond donors (Lipinski definition) is 0. The van der Waals surface area contributed by atoms with Crippen LogP contribution in [0.4, 0.5) is 5.69 Å². The zero-order valence-electron chi connectivity index (χ0n) is 6.88. The minimum atomic E-state index is 0.632. The Bertz CT molecular complexity index is 437. The van der Waals surface area contributed by atoms with Crippen molar-refractivity contribution < 1.29 is 0 Å². The first-order valence-electron chi connectivity index (χ1n) is 3.88. The molecule has 1 aromatic heterocycles. The molecule has 0 aliphatic rings. The lowest BCUT2D eigenvalue weighted by Gasteiger charge is -2.00. The van der Waals surface area contributed by atoms with Crippen LogP contribution in [0.5, 0.6) is 0 Å². The van der Waals surface area contributed by atoms with Gasteiger partial charge in [0.1, 0.15) is 0 Å². The molecule has 0 saturated heterocycles. The second-order valence-electron chi connectivity index (χ2n) is 2.58. The van der Waals surface area contributed by atoms with Gasteiger partial charge >= 0.3 is 0 Å². The molecular formula is C10H7N3. The number of rotatable bonds is 1. The lowest BCUT2D eigenvalue weighted by atomic mass is 10.3. The Kier molecular flexibility index (Phi) is 1.81. The number of aromatic nitrogens is 2. The van der Waals surface area contributed by atoms with E-state index in [4.69, 9.17) is 6.57 Å². The zero-order valence-corrected chi connectivity index (χ0v) is 6.88. The molecule has 62 valence electrons. The topological polar surface area (TPSA) is 22.2 Å². The van der Waals surface area contributed by atoms with Gasteiger partial charge in [-0.2, -0.15) is 5.10 Å². The highest BCUT2D eigenvalue weighted by Crippen LogP contribution is 2.15. The predicted molar refractivity (Wildman–Crippen MR) is 49.8 cm³/mol. The van der Waals surface area contributed by atoms with Crippen molar-refractivity contribution in [1.82, 2.24) is 9.78 Å². The molecule has 0 bridgehead atoms. The highest BCUT2D eigenvalue weighted by atomic mass is 15.3. The summed E-state index contributed by atoms with van der Waals surface area (Å²) < 4.78 is 1.73. The van der Waals surface area contributed by atoms with Crippen molar-refractivity contribution in [3.63, 3.8) is 0 Å². The van der Waals surface area contributed by atoms with E-state index in [9.17, 15) is 0 Å². The molecule has 0 unspecified atom stereocenters. The molecule has 3 heteroatoms. The van der Waals surface area contributed by atoms with E-state index < -0.39 is 0 Å². The van der Waals surface area contributed by atoms with E-state index in [2.05, 4.69) is 9.94 Å². The van der Waals surface area contributed by atoms with Gasteiger partial charge in [0.25, 0.3) is 0 Å². The summed E-state index contributed by atoms with van der Waals surface area (Å²) in [6, 6.07) is 9.20. The lowest BCUT2D eigenvalue weighted by molar-refractivity contribution is 0.881. The fraction of sp³-hybridized carbons (Fsp3) is 0. The van der Waals surface area contributed by atoms with Gasteiger partial charge in [-0.15, -0.1) is 0 Å². The fourth-order valence-electron chi connectivity index (χ4n) is 1.13. The van der Waals surface area contributed by atoms with Crippen molar-refractivity contribution in [2.45, 2.75) is 0 Å². The maximum absolute atomic E-state index is 6.86. The fourth-order valence-corrected chi connectivity index (χ4v) is 1.13. The first-order valence-corrected chi connectivity index (χ1v) is 3.88. The van der Waals surface area contributed by atoms with Crippen molar-refractivity contribution in [1.29, 1.82) is 0 Å². The van der Waals surface area contributed by atoms with Gasteiger partial charge in [0, 0.05) is 12.4 Å². The van der Waals surface area contributed by atoms with Crippen LogP contribution in [0, 0.1) is 6.57 Å². The molecule has 2 rings (SSSR count). The molecule has 0 radical (unpaired) electrons. The SMILES string of the molecule is [C-]#[N+]c1cccc(-n2cccn2)c1. The van der Waals surface area contributed by atoms with Crippen LogP contribution >= 0.6 is 0 Å². The van der Waals surface area contributed by atoms with Crippen molar-refractivity contribution in [2.24, 2.45) is 0 Å². The molecule has 1 aromatic carbocycles. The van der Waals surface area contributed by atoms with E-state index in [1.807, 2.05) is 24.4 Å². The van der Waals surface area contributed by atoms with E-state index in [0.717, 1.165) is 5.69 Å². The molecule has 1 heterocycles. The van der Waals surface area contributed by atoms with Gasteiger partial charge in [0.2, 0.25) is 0 Å². The van der Waals surface area contributed by atoms with E-state index in [0.29, 0.717) is 5.69 Å². The summed E-state index contributed by atoms with van der Waals surface area (Å²) in [5.41, 5.74) is 1.55. The molecule has 0 aliphatic carbocycles. The Labute approximate surface area is 76.1 Å². The second kappa shape index (κ2) is 3.11. The van der Waals surface area contributed by atoms with Crippen LogP contribution in [0.25, 0.3) is 10.5 Å². The molecule has 0 N–H and O–H groups in total. The van der Waals surface area contributed by atoms with E-state index in [-0.39, 0.29) is 0 Å². The third kappa shape index (κ3) is 1.42. The summed E-state index contributed by atoms with van der Waals surface area (Å²) in [6.45, 7) is 6.86. The van der Waals surface area contributed by atoms with Crippen LogP contribution < -0.4 is 0 Å². The van der Waals surface area contributed by atoms with Gasteiger partial charge in [-0.3, -0.25) is 0 Å². The van der Waals surface area contributed by atoms with Crippen molar-refractivity contribution >= 4 is 5.69 Å². The maximum Gasteiger partial charge on any atom is 0.189 e. The van der Waals surface area contributed by atoms with Crippen LogP contribution in [0.15, 0.2) is 42.7 Å². The minimum absolute atomic E-state index is 0.632. The summed E-state index contributed by atoms with van der Waals surface area (Å²) in [5, 5.41) is 4.08. The predicted octanol–water partition coefficient (Wildman–Crippen LogP) is 2.42. The van der Waals surface area contributed by atoms with Crippen molar-refractivity contribution in [3.05, 3.63) is 54.1 Å². The Morgan fingerprint density at radius 3 is 2.92 bits per heavy atom. The van der Waals surface area contributed by atoms with Gasteiger partial charge in [-0.25, -0.2) is 9.53 Å². The van der Waals surface area contributed by atoms with Crippen LogP contribution in [-0.2, 0) is 0 Å². The molecular weight excluding hydrogens is 162 g/mol. The average Bonchev–Trinajstić information content (AvgIpc) is 2.71. The summed E-state index contributed by atoms with van der Waals surface area (Å²) in [7, 11) is 0. The highest BCUT2D eigenvalue weighted by Gasteiger charge is 1.96. The molecule has 0 fully saturated rings. The normalized spacial score (nSPS) is 9.46. The van der Waals surface area contributed by atoms with Gasteiger partial charge in [-0.1, -0.05) is 12.1 Å². The van der Waals surface area contributed by atoms with E-state index >= 15 is 0 Å². The second-order valence-corrected chi connectivity index (χ2v) is 2.58. The van der Waals surface area contributed by atoms with Crippen LogP contribution in [0.3, 0.4) is 0 Å². The first-order chi connectivity index (χ1) is 6.40. The summed E-state index contributed by atoms with van der Waals surface area (Å²) >= 11 is 0. The third-order valence-corrected chi connectivity index (χ3v) is 1.73. The van der Waals surface area contributed by atoms with Crippen molar-refractivity contribution in [3.8, 4) is 5.69 Å². The van der Waals surface area contributed by atoms with Gasteiger partial charge in [-0.05, 0) is 18.2 Å². The summed E-state index contributed by atoms with van der Waals surface area (Å²) in [5.74, 6) is 0. The van der Waals surface area contributed by atoms with Gasteiger partial charge in [0.05, 0.1) is 12.3 Å². The van der Waals surface area contributed by atoms with Crippen LogP contribution in [-0.4, -0.2) is 9.78 Å². The smallest absolute Gasteiger partial charge is 0.189 e. The molecule has 3 nitrogen and oxygen atoms in total. The molecule has 0 amide bonds. The maximum atomic E-state index is 6.86. The number of hydrogen-bond acceptors (Lipinski definition) is 1. The average molecular weight is 169 g/mol. The molecule has 0 aliphatic heterocycles. The largest absolute Gasteiger partial charge is 0.242 e. The summed E-state index contributed by atoms with van der Waals surface area (Å²) in [4.78, 5) is 3.35. The minimum Gasteiger partial charge on any atom is -0.242 e. The number of benzene rings is 1. The van der Waals surface area contributed by atoms with Crippen molar-refractivity contribution in [2.75, 3.05) is 0 Å². The number of nitrogens with zero attached hydrogens (tertiary/aromatic N) is 3. The monoisotopic (exact) mass is 169 g/mol. The summed E-state index contributed by atoms with van der Waals surface area (Å²) in [6.07, 6.45) is 3.56.